The summed E-state index contributed by atoms with van der Waals surface area (Å²) in [7, 11) is 0. The zero-order valence-corrected chi connectivity index (χ0v) is 32.2. The highest BCUT2D eigenvalue weighted by molar-refractivity contribution is 6.09. The second-order valence-corrected chi connectivity index (χ2v) is 13.8. The zero-order valence-electron chi connectivity index (χ0n) is 32.2. The molecule has 0 N–H and O–H groups in total. The molecule has 2 nitrogen and oxygen atoms in total. The molecule has 0 bridgehead atoms. The van der Waals surface area contributed by atoms with E-state index >= 15 is 0 Å². The van der Waals surface area contributed by atoms with E-state index in [0.717, 1.165) is 34.1 Å². The van der Waals surface area contributed by atoms with Crippen molar-refractivity contribution in [3.05, 3.63) is 204 Å². The van der Waals surface area contributed by atoms with Crippen molar-refractivity contribution in [2.24, 2.45) is 0 Å². The molecular weight excluding hydrogens is 653 g/mol. The molecule has 0 fully saturated rings. The van der Waals surface area contributed by atoms with Crippen LogP contribution < -0.4 is 9.80 Å². The lowest BCUT2D eigenvalue weighted by Crippen LogP contribution is -2.11. The van der Waals surface area contributed by atoms with Crippen LogP contribution >= 0.6 is 0 Å². The fraction of sp³-hybridized carbons (Fsp3) is 0.115. The molecule has 0 aliphatic carbocycles. The van der Waals surface area contributed by atoms with Crippen molar-refractivity contribution >= 4 is 44.9 Å². The summed E-state index contributed by atoms with van der Waals surface area (Å²) in [5, 5.41) is 2.39. The standard InChI is InChI=1S/C50H42N2.C2H6/c1-35-15-23-41(24-16-35)51(42-25-17-36(2)18-26-42)45-31-47(39-11-7-5-8-12-39)50-34-46(32-48(49(50)33-45)40-13-9-6-10-14-40)52(43-27-19-37(3)20-28-43)44-29-21-38(4)22-30-44;1-2/h5-34H,1-4H3;1-2H3. The number of hydrogen-bond acceptors (Lipinski definition) is 2. The lowest BCUT2D eigenvalue weighted by molar-refractivity contribution is 1.27. The molecule has 0 heterocycles. The third-order valence-corrected chi connectivity index (χ3v) is 9.89. The van der Waals surface area contributed by atoms with Crippen LogP contribution in [0.5, 0.6) is 0 Å². The molecule has 0 radical (unpaired) electrons. The first-order valence-electron chi connectivity index (χ1n) is 19.0. The highest BCUT2D eigenvalue weighted by Crippen LogP contribution is 2.46. The van der Waals surface area contributed by atoms with E-state index in [2.05, 4.69) is 219 Å². The first-order valence-corrected chi connectivity index (χ1v) is 19.0. The maximum atomic E-state index is 2.39. The van der Waals surface area contributed by atoms with Gasteiger partial charge in [-0.25, -0.2) is 0 Å². The lowest BCUT2D eigenvalue weighted by Gasteiger charge is -2.29. The van der Waals surface area contributed by atoms with Crippen LogP contribution in [0.1, 0.15) is 36.1 Å². The first kappa shape index (κ1) is 36.0. The van der Waals surface area contributed by atoms with Gasteiger partial charge in [0.05, 0.1) is 0 Å². The van der Waals surface area contributed by atoms with Gasteiger partial charge < -0.3 is 9.80 Å². The highest BCUT2D eigenvalue weighted by atomic mass is 15.1. The smallest absolute Gasteiger partial charge is 0.0474 e. The number of nitrogens with zero attached hydrogens (tertiary/aromatic N) is 2. The molecule has 0 aromatic heterocycles. The molecular formula is C52H48N2. The molecule has 8 aromatic rings. The molecule has 8 rings (SSSR count). The number of fused-ring (bicyclic) bond motifs is 1. The van der Waals surface area contributed by atoms with Gasteiger partial charge in [0.1, 0.15) is 0 Å². The summed E-state index contributed by atoms with van der Waals surface area (Å²) in [5.74, 6) is 0. The Morgan fingerprint density at radius 1 is 0.278 bits per heavy atom. The Morgan fingerprint density at radius 2 is 0.537 bits per heavy atom. The fourth-order valence-corrected chi connectivity index (χ4v) is 7.07. The molecule has 2 heteroatoms. The molecule has 0 aliphatic heterocycles. The monoisotopic (exact) mass is 700 g/mol. The van der Waals surface area contributed by atoms with Crippen LogP contribution in [-0.4, -0.2) is 0 Å². The molecule has 0 aliphatic rings. The van der Waals surface area contributed by atoms with Crippen LogP contribution in [0.3, 0.4) is 0 Å². The largest absolute Gasteiger partial charge is 0.310 e. The number of anilines is 6. The molecule has 0 spiro atoms. The molecule has 8 aromatic carbocycles. The van der Waals surface area contributed by atoms with Crippen LogP contribution in [0.4, 0.5) is 34.1 Å². The van der Waals surface area contributed by atoms with Crippen molar-refractivity contribution < 1.29 is 0 Å². The quantitative estimate of drug-likeness (QED) is 0.156. The minimum atomic E-state index is 1.11. The Kier molecular flexibility index (Phi) is 10.7. The van der Waals surface area contributed by atoms with Crippen LogP contribution in [0.25, 0.3) is 33.0 Å². The van der Waals surface area contributed by atoms with Gasteiger partial charge in [-0.15, -0.1) is 0 Å². The second-order valence-electron chi connectivity index (χ2n) is 13.8. The molecule has 0 amide bonds. The van der Waals surface area contributed by atoms with Crippen molar-refractivity contribution in [1.82, 2.24) is 0 Å². The Morgan fingerprint density at radius 3 is 0.796 bits per heavy atom. The van der Waals surface area contributed by atoms with E-state index in [0.29, 0.717) is 0 Å². The van der Waals surface area contributed by atoms with Crippen molar-refractivity contribution in [1.29, 1.82) is 0 Å². The van der Waals surface area contributed by atoms with E-state index in [9.17, 15) is 0 Å². The normalized spacial score (nSPS) is 10.8. The van der Waals surface area contributed by atoms with Crippen LogP contribution in [0, 0.1) is 27.7 Å². The van der Waals surface area contributed by atoms with E-state index in [1.54, 1.807) is 0 Å². The van der Waals surface area contributed by atoms with Crippen LogP contribution in [-0.2, 0) is 0 Å². The number of benzene rings is 8. The Bertz CT molecular complexity index is 2180. The summed E-state index contributed by atoms with van der Waals surface area (Å²) in [5.41, 5.74) is 16.4. The number of rotatable bonds is 8. The van der Waals surface area contributed by atoms with E-state index in [4.69, 9.17) is 0 Å². The summed E-state index contributed by atoms with van der Waals surface area (Å²) < 4.78 is 0. The van der Waals surface area contributed by atoms with Gasteiger partial charge in [-0.2, -0.15) is 0 Å². The van der Waals surface area contributed by atoms with Crippen molar-refractivity contribution in [3.63, 3.8) is 0 Å². The predicted octanol–water partition coefficient (Wildman–Crippen LogP) is 15.4. The third kappa shape index (κ3) is 7.56. The molecule has 54 heavy (non-hydrogen) atoms. The van der Waals surface area contributed by atoms with Gasteiger partial charge >= 0.3 is 0 Å². The maximum absolute atomic E-state index is 2.39. The van der Waals surface area contributed by atoms with Gasteiger partial charge in [0.15, 0.2) is 0 Å². The van der Waals surface area contributed by atoms with E-state index < -0.39 is 0 Å². The van der Waals surface area contributed by atoms with Crippen LogP contribution in [0.2, 0.25) is 0 Å². The maximum Gasteiger partial charge on any atom is 0.0474 e. The molecule has 266 valence electrons. The van der Waals surface area contributed by atoms with E-state index in [-0.39, 0.29) is 0 Å². The minimum absolute atomic E-state index is 1.11. The Balaban J connectivity index is 0.00000221. The van der Waals surface area contributed by atoms with Gasteiger partial charge in [-0.05, 0) is 134 Å². The minimum Gasteiger partial charge on any atom is -0.310 e. The number of hydrogen-bond donors (Lipinski definition) is 0. The van der Waals surface area contributed by atoms with Gasteiger partial charge in [0.25, 0.3) is 0 Å². The fourth-order valence-electron chi connectivity index (χ4n) is 7.07. The van der Waals surface area contributed by atoms with Crippen molar-refractivity contribution in [2.75, 3.05) is 9.80 Å². The van der Waals surface area contributed by atoms with Gasteiger partial charge in [0, 0.05) is 34.1 Å². The zero-order chi connectivity index (χ0) is 37.6. The second kappa shape index (κ2) is 16.1. The average molecular weight is 701 g/mol. The Labute approximate surface area is 321 Å². The van der Waals surface area contributed by atoms with Crippen LogP contribution in [0.15, 0.2) is 182 Å². The molecule has 0 unspecified atom stereocenters. The third-order valence-electron chi connectivity index (χ3n) is 9.89. The summed E-state index contributed by atoms with van der Waals surface area (Å²) in [4.78, 5) is 4.77. The van der Waals surface area contributed by atoms with E-state index in [1.807, 2.05) is 13.8 Å². The summed E-state index contributed by atoms with van der Waals surface area (Å²) in [6, 6.07) is 66.6. The van der Waals surface area contributed by atoms with Crippen molar-refractivity contribution in [2.45, 2.75) is 41.5 Å². The SMILES string of the molecule is CC.Cc1ccc(N(c2ccc(C)cc2)c2cc(-c3ccccc3)c3cc(N(c4ccc(C)cc4)c4ccc(C)cc4)cc(-c4ccccc4)c3c2)cc1. The topological polar surface area (TPSA) is 6.48 Å². The average Bonchev–Trinajstić information content (AvgIpc) is 3.22. The lowest BCUT2D eigenvalue weighted by atomic mass is 9.90. The summed E-state index contributed by atoms with van der Waals surface area (Å²) in [6.07, 6.45) is 0. The number of aryl methyl sites for hydroxylation is 4. The summed E-state index contributed by atoms with van der Waals surface area (Å²) in [6.45, 7) is 12.6. The highest BCUT2D eigenvalue weighted by Gasteiger charge is 2.21. The Hall–Kier alpha value is -6.38. The first-order chi connectivity index (χ1) is 26.4. The van der Waals surface area contributed by atoms with Crippen molar-refractivity contribution in [3.8, 4) is 22.3 Å². The predicted molar refractivity (Wildman–Crippen MR) is 234 cm³/mol. The molecule has 0 saturated carbocycles. The van der Waals surface area contributed by atoms with E-state index in [1.165, 1.54) is 55.3 Å². The van der Waals surface area contributed by atoms with Gasteiger partial charge in [-0.3, -0.25) is 0 Å². The molecule has 0 atom stereocenters. The van der Waals surface area contributed by atoms with Gasteiger partial charge in [0.2, 0.25) is 0 Å². The summed E-state index contributed by atoms with van der Waals surface area (Å²) >= 11 is 0. The van der Waals surface area contributed by atoms with Gasteiger partial charge in [-0.1, -0.05) is 145 Å². The molecule has 0 saturated heterocycles.